The minimum atomic E-state index is -0.174. The van der Waals surface area contributed by atoms with Gasteiger partial charge in [-0.25, -0.2) is 5.43 Å². The standard InChI is InChI=1S/C20H24N2O3/c1-3-13-25-19-8-6-5-7-17(19)15-21-22-20(23)14-16-9-11-18(12-10-16)24-4-2/h5-12,15H,3-4,13-14H2,1-2H3,(H,22,23)/b21-15-. The van der Waals surface area contributed by atoms with E-state index in [1.54, 1.807) is 6.21 Å². The molecule has 2 rings (SSSR count). The van der Waals surface area contributed by atoms with Crippen LogP contribution in [0.15, 0.2) is 53.6 Å². The highest BCUT2D eigenvalue weighted by Gasteiger charge is 2.03. The molecular weight excluding hydrogens is 316 g/mol. The van der Waals surface area contributed by atoms with Gasteiger partial charge in [-0.1, -0.05) is 31.2 Å². The molecule has 0 atom stereocenters. The number of nitrogens with one attached hydrogen (secondary N) is 1. The van der Waals surface area contributed by atoms with Crippen molar-refractivity contribution < 1.29 is 14.3 Å². The second-order valence-corrected chi connectivity index (χ2v) is 5.43. The van der Waals surface area contributed by atoms with Crippen molar-refractivity contribution in [3.63, 3.8) is 0 Å². The van der Waals surface area contributed by atoms with Crippen molar-refractivity contribution in [1.29, 1.82) is 0 Å². The molecule has 0 radical (unpaired) electrons. The van der Waals surface area contributed by atoms with Gasteiger partial charge in [0.1, 0.15) is 11.5 Å². The molecule has 1 amide bonds. The van der Waals surface area contributed by atoms with Crippen molar-refractivity contribution in [1.82, 2.24) is 5.43 Å². The van der Waals surface area contributed by atoms with Crippen molar-refractivity contribution in [3.05, 3.63) is 59.7 Å². The molecular formula is C20H24N2O3. The number of para-hydroxylation sites is 1. The van der Waals surface area contributed by atoms with E-state index < -0.39 is 0 Å². The molecule has 0 saturated carbocycles. The van der Waals surface area contributed by atoms with Crippen LogP contribution < -0.4 is 14.9 Å². The minimum absolute atomic E-state index is 0.174. The second kappa shape index (κ2) is 10.1. The number of nitrogens with zero attached hydrogens (tertiary/aromatic N) is 1. The molecule has 5 nitrogen and oxygen atoms in total. The van der Waals surface area contributed by atoms with E-state index in [0.29, 0.717) is 13.2 Å². The number of amides is 1. The predicted molar refractivity (Wildman–Crippen MR) is 99.3 cm³/mol. The van der Waals surface area contributed by atoms with Crippen LogP contribution in [0.2, 0.25) is 0 Å². The summed E-state index contributed by atoms with van der Waals surface area (Å²) < 4.78 is 11.0. The zero-order valence-electron chi connectivity index (χ0n) is 14.7. The third-order valence-corrected chi connectivity index (χ3v) is 3.37. The fraction of sp³-hybridized carbons (Fsp3) is 0.300. The largest absolute Gasteiger partial charge is 0.494 e. The van der Waals surface area contributed by atoms with Gasteiger partial charge in [-0.3, -0.25) is 4.79 Å². The van der Waals surface area contributed by atoms with Crippen molar-refractivity contribution in [2.24, 2.45) is 5.10 Å². The van der Waals surface area contributed by atoms with Gasteiger partial charge in [0, 0.05) is 5.56 Å². The Balaban J connectivity index is 1.88. The minimum Gasteiger partial charge on any atom is -0.494 e. The first-order valence-corrected chi connectivity index (χ1v) is 8.48. The molecule has 0 heterocycles. The number of benzene rings is 2. The SMILES string of the molecule is CCCOc1ccccc1/C=N\NC(=O)Cc1ccc(OCC)cc1. The van der Waals surface area contributed by atoms with Crippen LogP contribution >= 0.6 is 0 Å². The molecule has 0 fully saturated rings. The summed E-state index contributed by atoms with van der Waals surface area (Å²) in [6, 6.07) is 15.1. The lowest BCUT2D eigenvalue weighted by atomic mass is 10.1. The van der Waals surface area contributed by atoms with Crippen molar-refractivity contribution in [3.8, 4) is 11.5 Å². The van der Waals surface area contributed by atoms with Crippen LogP contribution in [0.4, 0.5) is 0 Å². The Morgan fingerprint density at radius 1 is 1.08 bits per heavy atom. The Hall–Kier alpha value is -2.82. The van der Waals surface area contributed by atoms with E-state index in [-0.39, 0.29) is 12.3 Å². The Bertz CT molecular complexity index is 696. The number of carbonyl (C=O) groups excluding carboxylic acids is 1. The number of hydrazone groups is 1. The Labute approximate surface area is 148 Å². The summed E-state index contributed by atoms with van der Waals surface area (Å²) in [7, 11) is 0. The predicted octanol–water partition coefficient (Wildman–Crippen LogP) is 3.57. The molecule has 2 aromatic carbocycles. The van der Waals surface area contributed by atoms with E-state index in [1.165, 1.54) is 0 Å². The maximum Gasteiger partial charge on any atom is 0.244 e. The molecule has 0 aliphatic rings. The number of ether oxygens (including phenoxy) is 2. The highest BCUT2D eigenvalue weighted by molar-refractivity contribution is 5.85. The first-order valence-electron chi connectivity index (χ1n) is 8.48. The normalized spacial score (nSPS) is 10.6. The summed E-state index contributed by atoms with van der Waals surface area (Å²) in [5, 5.41) is 4.02. The molecule has 1 N–H and O–H groups in total. The maximum atomic E-state index is 12.0. The van der Waals surface area contributed by atoms with E-state index in [2.05, 4.69) is 17.5 Å². The molecule has 0 unspecified atom stereocenters. The Morgan fingerprint density at radius 2 is 1.84 bits per heavy atom. The lowest BCUT2D eigenvalue weighted by Crippen LogP contribution is -2.19. The second-order valence-electron chi connectivity index (χ2n) is 5.43. The molecule has 0 spiro atoms. The van der Waals surface area contributed by atoms with Crippen LogP contribution in [0.5, 0.6) is 11.5 Å². The van der Waals surface area contributed by atoms with Crippen molar-refractivity contribution in [2.45, 2.75) is 26.7 Å². The summed E-state index contributed by atoms with van der Waals surface area (Å²) >= 11 is 0. The number of rotatable bonds is 9. The van der Waals surface area contributed by atoms with Crippen molar-refractivity contribution in [2.75, 3.05) is 13.2 Å². The fourth-order valence-corrected chi connectivity index (χ4v) is 2.20. The average Bonchev–Trinajstić information content (AvgIpc) is 2.63. The van der Waals surface area contributed by atoms with E-state index in [9.17, 15) is 4.79 Å². The van der Waals surface area contributed by atoms with Crippen LogP contribution in [0.1, 0.15) is 31.4 Å². The Kier molecular flexibility index (Phi) is 7.50. The molecule has 0 aliphatic carbocycles. The zero-order chi connectivity index (χ0) is 17.9. The van der Waals surface area contributed by atoms with Crippen LogP contribution in [-0.2, 0) is 11.2 Å². The smallest absolute Gasteiger partial charge is 0.244 e. The monoisotopic (exact) mass is 340 g/mol. The van der Waals surface area contributed by atoms with E-state index >= 15 is 0 Å². The van der Waals surface area contributed by atoms with Gasteiger partial charge >= 0.3 is 0 Å². The molecule has 0 saturated heterocycles. The third kappa shape index (κ3) is 6.30. The van der Waals surface area contributed by atoms with E-state index in [1.807, 2.05) is 55.5 Å². The summed E-state index contributed by atoms with van der Waals surface area (Å²) in [5.74, 6) is 1.38. The van der Waals surface area contributed by atoms with Gasteiger partial charge in [0.15, 0.2) is 0 Å². The third-order valence-electron chi connectivity index (χ3n) is 3.37. The van der Waals surface area contributed by atoms with Gasteiger partial charge in [0.05, 0.1) is 25.8 Å². The van der Waals surface area contributed by atoms with Gasteiger partial charge in [-0.15, -0.1) is 0 Å². The number of hydrogen-bond acceptors (Lipinski definition) is 4. The lowest BCUT2D eigenvalue weighted by Gasteiger charge is -2.07. The molecule has 0 aromatic heterocycles. The topological polar surface area (TPSA) is 59.9 Å². The maximum absolute atomic E-state index is 12.0. The van der Waals surface area contributed by atoms with Gasteiger partial charge in [-0.2, -0.15) is 5.10 Å². The molecule has 25 heavy (non-hydrogen) atoms. The quantitative estimate of drug-likeness (QED) is 0.561. The summed E-state index contributed by atoms with van der Waals surface area (Å²) in [6.45, 7) is 5.26. The Morgan fingerprint density at radius 3 is 2.56 bits per heavy atom. The molecule has 2 aromatic rings. The van der Waals surface area contributed by atoms with Gasteiger partial charge in [-0.05, 0) is 43.2 Å². The lowest BCUT2D eigenvalue weighted by molar-refractivity contribution is -0.120. The van der Waals surface area contributed by atoms with Crippen molar-refractivity contribution >= 4 is 12.1 Å². The first kappa shape index (κ1) is 18.5. The molecule has 5 heteroatoms. The highest BCUT2D eigenvalue weighted by atomic mass is 16.5. The number of hydrogen-bond donors (Lipinski definition) is 1. The van der Waals surface area contributed by atoms with Gasteiger partial charge in [0.25, 0.3) is 0 Å². The van der Waals surface area contributed by atoms with Gasteiger partial charge in [0.2, 0.25) is 5.91 Å². The van der Waals surface area contributed by atoms with E-state index in [4.69, 9.17) is 9.47 Å². The van der Waals surface area contributed by atoms with E-state index in [0.717, 1.165) is 29.0 Å². The summed E-state index contributed by atoms with van der Waals surface area (Å²) in [6.07, 6.45) is 2.79. The van der Waals surface area contributed by atoms with Gasteiger partial charge < -0.3 is 9.47 Å². The van der Waals surface area contributed by atoms with Crippen LogP contribution in [-0.4, -0.2) is 25.3 Å². The average molecular weight is 340 g/mol. The summed E-state index contributed by atoms with van der Waals surface area (Å²) in [4.78, 5) is 12.0. The number of carbonyl (C=O) groups is 1. The molecule has 0 bridgehead atoms. The van der Waals surface area contributed by atoms with Crippen LogP contribution in [0, 0.1) is 0 Å². The first-order chi connectivity index (χ1) is 12.2. The molecule has 132 valence electrons. The highest BCUT2D eigenvalue weighted by Crippen LogP contribution is 2.16. The fourth-order valence-electron chi connectivity index (χ4n) is 2.20. The van der Waals surface area contributed by atoms with Crippen LogP contribution in [0.3, 0.4) is 0 Å². The molecule has 0 aliphatic heterocycles. The summed E-state index contributed by atoms with van der Waals surface area (Å²) in [5.41, 5.74) is 4.28. The zero-order valence-corrected chi connectivity index (χ0v) is 14.7. The van der Waals surface area contributed by atoms with Crippen LogP contribution in [0.25, 0.3) is 0 Å².